The second kappa shape index (κ2) is 9.02. The van der Waals surface area contributed by atoms with Crippen molar-refractivity contribution in [3.05, 3.63) is 22.7 Å². The first-order chi connectivity index (χ1) is 9.22. The van der Waals surface area contributed by atoms with Gasteiger partial charge in [0.25, 0.3) is 0 Å². The van der Waals surface area contributed by atoms with Gasteiger partial charge in [-0.2, -0.15) is 0 Å². The van der Waals surface area contributed by atoms with E-state index in [9.17, 15) is 0 Å². The van der Waals surface area contributed by atoms with E-state index in [4.69, 9.17) is 21.1 Å². The second-order valence-corrected chi connectivity index (χ2v) is 4.57. The van der Waals surface area contributed by atoms with Gasteiger partial charge in [-0.05, 0) is 45.1 Å². The molecule has 0 bridgehead atoms. The zero-order valence-corrected chi connectivity index (χ0v) is 12.6. The second-order valence-electron chi connectivity index (χ2n) is 4.16. The van der Waals surface area contributed by atoms with Gasteiger partial charge in [0, 0.05) is 17.6 Å². The number of rotatable bonds is 9. The average molecular weight is 287 g/mol. The lowest BCUT2D eigenvalue weighted by Gasteiger charge is -2.13. The number of nitrogens with one attached hydrogen (secondary N) is 2. The molecular formula is C14H23ClN2O2. The lowest BCUT2D eigenvalue weighted by molar-refractivity contribution is 0.310. The Bertz CT molecular complexity index is 386. The Hall–Kier alpha value is -0.970. The lowest BCUT2D eigenvalue weighted by Crippen LogP contribution is -2.19. The zero-order chi connectivity index (χ0) is 14.1. The maximum Gasteiger partial charge on any atom is 0.162 e. The summed E-state index contributed by atoms with van der Waals surface area (Å²) in [5.74, 6) is 1.41. The Morgan fingerprint density at radius 3 is 2.63 bits per heavy atom. The molecule has 19 heavy (non-hydrogen) atoms. The van der Waals surface area contributed by atoms with Gasteiger partial charge in [0.2, 0.25) is 0 Å². The highest BCUT2D eigenvalue weighted by Gasteiger charge is 2.09. The maximum absolute atomic E-state index is 6.25. The predicted octanol–water partition coefficient (Wildman–Crippen LogP) is 2.45. The number of halogens is 1. The molecule has 2 N–H and O–H groups in total. The van der Waals surface area contributed by atoms with E-state index in [0.717, 1.165) is 37.4 Å². The normalized spacial score (nSPS) is 10.5. The van der Waals surface area contributed by atoms with Crippen molar-refractivity contribution in [2.75, 3.05) is 33.9 Å². The van der Waals surface area contributed by atoms with Crippen molar-refractivity contribution in [3.8, 4) is 11.5 Å². The van der Waals surface area contributed by atoms with Crippen molar-refractivity contribution < 1.29 is 9.47 Å². The number of ether oxygens (including phenoxy) is 2. The van der Waals surface area contributed by atoms with Crippen molar-refractivity contribution in [1.29, 1.82) is 0 Å². The Labute approximate surface area is 120 Å². The van der Waals surface area contributed by atoms with Crippen molar-refractivity contribution in [2.24, 2.45) is 0 Å². The molecule has 0 aliphatic rings. The van der Waals surface area contributed by atoms with Crippen LogP contribution in [0, 0.1) is 0 Å². The van der Waals surface area contributed by atoms with Gasteiger partial charge in [0.05, 0.1) is 13.7 Å². The fourth-order valence-electron chi connectivity index (χ4n) is 1.75. The molecule has 0 spiro atoms. The molecule has 5 heteroatoms. The molecule has 0 atom stereocenters. The standard InChI is InChI=1S/C14H23ClN2O2/c1-4-19-14-9-12(15)11(8-13(14)18-3)10-17-7-5-6-16-2/h8-9,16-17H,4-7,10H2,1-3H3. The monoisotopic (exact) mass is 286 g/mol. The minimum Gasteiger partial charge on any atom is -0.493 e. The van der Waals surface area contributed by atoms with Crippen molar-refractivity contribution in [2.45, 2.75) is 19.9 Å². The van der Waals surface area contributed by atoms with E-state index in [2.05, 4.69) is 10.6 Å². The molecule has 1 rings (SSSR count). The smallest absolute Gasteiger partial charge is 0.162 e. The molecule has 0 saturated carbocycles. The van der Waals surface area contributed by atoms with Gasteiger partial charge in [-0.15, -0.1) is 0 Å². The summed E-state index contributed by atoms with van der Waals surface area (Å²) in [6.45, 7) is 5.21. The SMILES string of the molecule is CCOc1cc(Cl)c(CNCCCNC)cc1OC. The first-order valence-corrected chi connectivity index (χ1v) is 6.95. The summed E-state index contributed by atoms with van der Waals surface area (Å²) < 4.78 is 10.8. The molecule has 0 saturated heterocycles. The summed E-state index contributed by atoms with van der Waals surface area (Å²) in [6, 6.07) is 3.74. The summed E-state index contributed by atoms with van der Waals surface area (Å²) in [5.41, 5.74) is 1.02. The Balaban J connectivity index is 2.62. The Kier molecular flexibility index (Phi) is 7.63. The molecule has 0 aromatic heterocycles. The van der Waals surface area contributed by atoms with Crippen molar-refractivity contribution in [1.82, 2.24) is 10.6 Å². The largest absolute Gasteiger partial charge is 0.493 e. The molecule has 108 valence electrons. The van der Waals surface area contributed by atoms with E-state index in [-0.39, 0.29) is 0 Å². The molecular weight excluding hydrogens is 264 g/mol. The van der Waals surface area contributed by atoms with E-state index >= 15 is 0 Å². The third-order valence-corrected chi connectivity index (χ3v) is 3.08. The van der Waals surface area contributed by atoms with Gasteiger partial charge in [-0.3, -0.25) is 0 Å². The van der Waals surface area contributed by atoms with E-state index in [1.165, 1.54) is 0 Å². The van der Waals surface area contributed by atoms with Gasteiger partial charge in [-0.1, -0.05) is 11.6 Å². The topological polar surface area (TPSA) is 42.5 Å². The van der Waals surface area contributed by atoms with Crippen LogP contribution >= 0.6 is 11.6 Å². The fraction of sp³-hybridized carbons (Fsp3) is 0.571. The number of hydrogen-bond donors (Lipinski definition) is 2. The van der Waals surface area contributed by atoms with Crippen LogP contribution in [0.1, 0.15) is 18.9 Å². The molecule has 0 aliphatic heterocycles. The molecule has 0 radical (unpaired) electrons. The number of hydrogen-bond acceptors (Lipinski definition) is 4. The minimum absolute atomic E-state index is 0.592. The van der Waals surface area contributed by atoms with Crippen LogP contribution in [0.3, 0.4) is 0 Å². The Morgan fingerprint density at radius 1 is 1.21 bits per heavy atom. The fourth-order valence-corrected chi connectivity index (χ4v) is 1.97. The Morgan fingerprint density at radius 2 is 2.00 bits per heavy atom. The number of benzene rings is 1. The lowest BCUT2D eigenvalue weighted by atomic mass is 10.2. The third-order valence-electron chi connectivity index (χ3n) is 2.73. The average Bonchev–Trinajstić information content (AvgIpc) is 2.41. The predicted molar refractivity (Wildman–Crippen MR) is 79.4 cm³/mol. The molecule has 0 unspecified atom stereocenters. The molecule has 0 fully saturated rings. The van der Waals surface area contributed by atoms with Crippen LogP contribution < -0.4 is 20.1 Å². The highest BCUT2D eigenvalue weighted by molar-refractivity contribution is 6.31. The minimum atomic E-state index is 0.592. The van der Waals surface area contributed by atoms with Gasteiger partial charge < -0.3 is 20.1 Å². The van der Waals surface area contributed by atoms with E-state index in [1.807, 2.05) is 26.1 Å². The van der Waals surface area contributed by atoms with Crippen LogP contribution in [0.25, 0.3) is 0 Å². The molecule has 1 aromatic rings. The van der Waals surface area contributed by atoms with Crippen molar-refractivity contribution >= 4 is 11.6 Å². The first-order valence-electron chi connectivity index (χ1n) is 6.57. The summed E-state index contributed by atoms with van der Waals surface area (Å²) in [6.07, 6.45) is 1.09. The van der Waals surface area contributed by atoms with Gasteiger partial charge >= 0.3 is 0 Å². The highest BCUT2D eigenvalue weighted by Crippen LogP contribution is 2.33. The summed E-state index contributed by atoms with van der Waals surface area (Å²) in [5, 5.41) is 7.17. The third kappa shape index (κ3) is 5.27. The van der Waals surface area contributed by atoms with Crippen LogP contribution in [0.5, 0.6) is 11.5 Å². The van der Waals surface area contributed by atoms with Crippen LogP contribution in [0.15, 0.2) is 12.1 Å². The van der Waals surface area contributed by atoms with Crippen LogP contribution in [0.2, 0.25) is 5.02 Å². The molecule has 0 amide bonds. The van der Waals surface area contributed by atoms with Crippen molar-refractivity contribution in [3.63, 3.8) is 0 Å². The van der Waals surface area contributed by atoms with Crippen LogP contribution in [0.4, 0.5) is 0 Å². The zero-order valence-electron chi connectivity index (χ0n) is 11.9. The first kappa shape index (κ1) is 16.1. The number of methoxy groups -OCH3 is 1. The van der Waals surface area contributed by atoms with Gasteiger partial charge in [0.15, 0.2) is 11.5 Å². The quantitative estimate of drug-likeness (QED) is 0.684. The van der Waals surface area contributed by atoms with Gasteiger partial charge in [-0.25, -0.2) is 0 Å². The summed E-state index contributed by atoms with van der Waals surface area (Å²) in [7, 11) is 3.59. The van der Waals surface area contributed by atoms with Gasteiger partial charge in [0.1, 0.15) is 0 Å². The molecule has 0 aliphatic carbocycles. The van der Waals surface area contributed by atoms with E-state index in [0.29, 0.717) is 17.4 Å². The highest BCUT2D eigenvalue weighted by atomic mass is 35.5. The van der Waals surface area contributed by atoms with Crippen LogP contribution in [-0.2, 0) is 6.54 Å². The maximum atomic E-state index is 6.25. The molecule has 0 heterocycles. The van der Waals surface area contributed by atoms with E-state index < -0.39 is 0 Å². The summed E-state index contributed by atoms with van der Waals surface area (Å²) >= 11 is 6.25. The van der Waals surface area contributed by atoms with Crippen LogP contribution in [-0.4, -0.2) is 33.9 Å². The molecule has 4 nitrogen and oxygen atoms in total. The van der Waals surface area contributed by atoms with E-state index in [1.54, 1.807) is 7.11 Å². The molecule has 1 aromatic carbocycles. The summed E-state index contributed by atoms with van der Waals surface area (Å²) in [4.78, 5) is 0.